The smallest absolute Gasteiger partial charge is 0.0928 e. The molecule has 2 aliphatic carbocycles. The maximum atomic E-state index is 12.2. The van der Waals surface area contributed by atoms with Crippen LogP contribution in [0.1, 0.15) is 116 Å². The fraction of sp³-hybridized carbons (Fsp3) is 0.920. The van der Waals surface area contributed by atoms with Gasteiger partial charge in [-0.15, -0.1) is 0 Å². The maximum Gasteiger partial charge on any atom is 0.0928 e. The topological polar surface area (TPSA) is 0 Å². The molecule has 0 saturated heterocycles. The zero-order chi connectivity index (χ0) is 18.5. The van der Waals surface area contributed by atoms with Crippen molar-refractivity contribution in [1.29, 1.82) is 0 Å². The second-order valence-electron chi connectivity index (χ2n) is 9.27. The summed E-state index contributed by atoms with van der Waals surface area (Å²) in [6.45, 7) is 2.10. The van der Waals surface area contributed by atoms with Crippen molar-refractivity contribution in [3.8, 4) is 0 Å². The zero-order valence-electron chi connectivity index (χ0n) is 17.6. The zero-order valence-corrected chi connectivity index (χ0v) is 17.6. The number of hydrogen-bond acceptors (Lipinski definition) is 0. The Hall–Kier alpha value is -0.330. The molecular formula is C25H45F. The lowest BCUT2D eigenvalue weighted by Crippen LogP contribution is -2.25. The van der Waals surface area contributed by atoms with Crippen LogP contribution in [0, 0.1) is 23.7 Å². The molecule has 2 aliphatic rings. The second kappa shape index (κ2) is 13.8. The highest BCUT2D eigenvalue weighted by atomic mass is 19.1. The third-order valence-corrected chi connectivity index (χ3v) is 7.27. The lowest BCUT2D eigenvalue weighted by Gasteiger charge is -2.37. The molecule has 0 atom stereocenters. The summed E-state index contributed by atoms with van der Waals surface area (Å²) >= 11 is 0. The highest BCUT2D eigenvalue weighted by Gasteiger charge is 2.30. The average Bonchev–Trinajstić information content (AvgIpc) is 2.69. The van der Waals surface area contributed by atoms with Crippen LogP contribution in [0.2, 0.25) is 0 Å². The molecule has 2 rings (SSSR count). The van der Waals surface area contributed by atoms with Gasteiger partial charge in [-0.05, 0) is 68.6 Å². The normalized spacial score (nSPS) is 30.1. The van der Waals surface area contributed by atoms with Gasteiger partial charge in [-0.25, -0.2) is 0 Å². The van der Waals surface area contributed by atoms with Gasteiger partial charge in [0.2, 0.25) is 0 Å². The van der Waals surface area contributed by atoms with Crippen molar-refractivity contribution in [3.05, 3.63) is 12.2 Å². The van der Waals surface area contributed by atoms with Crippen molar-refractivity contribution in [3.63, 3.8) is 0 Å². The Morgan fingerprint density at radius 3 is 1.92 bits per heavy atom. The van der Waals surface area contributed by atoms with Crippen LogP contribution in [0.15, 0.2) is 12.2 Å². The molecule has 0 aromatic rings. The van der Waals surface area contributed by atoms with E-state index >= 15 is 0 Å². The standard InChI is InChI=1S/C25H45F/c1-2-3-4-5-6-7-8-11-22-13-17-24(18-14-22)25-19-15-23(16-20-25)12-9-10-21-26/h9,12,22-25H,2-8,10-11,13-21H2,1H3. The Morgan fingerprint density at radius 2 is 1.31 bits per heavy atom. The maximum absolute atomic E-state index is 12.2. The van der Waals surface area contributed by atoms with Gasteiger partial charge in [0.05, 0.1) is 6.67 Å². The highest BCUT2D eigenvalue weighted by Crippen LogP contribution is 2.42. The number of allylic oxidation sites excluding steroid dienone is 2. The SMILES string of the molecule is CCCCCCCCCC1CCC(C2CCC(C=CCCF)CC2)CC1. The molecular weight excluding hydrogens is 319 g/mol. The van der Waals surface area contributed by atoms with Crippen LogP contribution in [-0.2, 0) is 0 Å². The predicted octanol–water partition coefficient (Wildman–Crippen LogP) is 8.66. The Balaban J connectivity index is 1.51. The van der Waals surface area contributed by atoms with E-state index in [0.717, 1.165) is 23.7 Å². The minimum atomic E-state index is -0.200. The molecule has 2 fully saturated rings. The van der Waals surface area contributed by atoms with E-state index in [2.05, 4.69) is 19.1 Å². The van der Waals surface area contributed by atoms with Gasteiger partial charge in [0.15, 0.2) is 0 Å². The van der Waals surface area contributed by atoms with Gasteiger partial charge in [0.25, 0.3) is 0 Å². The van der Waals surface area contributed by atoms with E-state index in [9.17, 15) is 4.39 Å². The minimum absolute atomic E-state index is 0.200. The fourth-order valence-electron chi connectivity index (χ4n) is 5.50. The summed E-state index contributed by atoms with van der Waals surface area (Å²) in [7, 11) is 0. The summed E-state index contributed by atoms with van der Waals surface area (Å²) in [5, 5.41) is 0. The summed E-state index contributed by atoms with van der Waals surface area (Å²) in [5.41, 5.74) is 0. The van der Waals surface area contributed by atoms with E-state index in [1.165, 1.54) is 103 Å². The first-order valence-corrected chi connectivity index (χ1v) is 12.1. The van der Waals surface area contributed by atoms with Crippen molar-refractivity contribution in [2.75, 3.05) is 6.67 Å². The molecule has 152 valence electrons. The minimum Gasteiger partial charge on any atom is -0.251 e. The molecule has 0 aromatic carbocycles. The van der Waals surface area contributed by atoms with Crippen LogP contribution in [-0.4, -0.2) is 6.67 Å². The number of hydrogen-bond donors (Lipinski definition) is 0. The number of halogens is 1. The van der Waals surface area contributed by atoms with Crippen molar-refractivity contribution in [2.45, 2.75) is 116 Å². The van der Waals surface area contributed by atoms with Crippen LogP contribution in [0.5, 0.6) is 0 Å². The fourth-order valence-corrected chi connectivity index (χ4v) is 5.50. The second-order valence-corrected chi connectivity index (χ2v) is 9.27. The Bertz CT molecular complexity index is 345. The molecule has 26 heavy (non-hydrogen) atoms. The number of alkyl halides is 1. The quantitative estimate of drug-likeness (QED) is 0.240. The van der Waals surface area contributed by atoms with E-state index in [1.807, 2.05) is 0 Å². The van der Waals surface area contributed by atoms with Crippen LogP contribution in [0.25, 0.3) is 0 Å². The van der Waals surface area contributed by atoms with Gasteiger partial charge in [-0.1, -0.05) is 83.3 Å². The van der Waals surface area contributed by atoms with Gasteiger partial charge in [0.1, 0.15) is 0 Å². The van der Waals surface area contributed by atoms with E-state index in [1.54, 1.807) is 0 Å². The van der Waals surface area contributed by atoms with Gasteiger partial charge < -0.3 is 0 Å². The summed E-state index contributed by atoms with van der Waals surface area (Å²) in [6.07, 6.45) is 28.2. The van der Waals surface area contributed by atoms with Crippen LogP contribution >= 0.6 is 0 Å². The van der Waals surface area contributed by atoms with Crippen LogP contribution in [0.3, 0.4) is 0 Å². The largest absolute Gasteiger partial charge is 0.251 e. The lowest BCUT2D eigenvalue weighted by atomic mass is 9.68. The van der Waals surface area contributed by atoms with E-state index < -0.39 is 0 Å². The highest BCUT2D eigenvalue weighted by molar-refractivity contribution is 4.92. The molecule has 2 saturated carbocycles. The molecule has 0 amide bonds. The van der Waals surface area contributed by atoms with Gasteiger partial charge in [-0.3, -0.25) is 4.39 Å². The van der Waals surface area contributed by atoms with E-state index in [-0.39, 0.29) is 6.67 Å². The Kier molecular flexibility index (Phi) is 11.6. The molecule has 1 heteroatoms. The Labute approximate surface area is 163 Å². The molecule has 0 unspecified atom stereocenters. The van der Waals surface area contributed by atoms with Crippen molar-refractivity contribution in [1.82, 2.24) is 0 Å². The Morgan fingerprint density at radius 1 is 0.731 bits per heavy atom. The number of rotatable bonds is 12. The summed E-state index contributed by atoms with van der Waals surface area (Å²) in [5.74, 6) is 3.81. The third-order valence-electron chi connectivity index (χ3n) is 7.27. The van der Waals surface area contributed by atoms with Crippen LogP contribution in [0.4, 0.5) is 4.39 Å². The molecule has 0 aliphatic heterocycles. The summed E-state index contributed by atoms with van der Waals surface area (Å²) in [4.78, 5) is 0. The first kappa shape index (κ1) is 22.0. The number of unbranched alkanes of at least 4 members (excludes halogenated alkanes) is 6. The van der Waals surface area contributed by atoms with Gasteiger partial charge in [-0.2, -0.15) is 0 Å². The van der Waals surface area contributed by atoms with Crippen molar-refractivity contribution < 1.29 is 4.39 Å². The molecule has 0 N–H and O–H groups in total. The van der Waals surface area contributed by atoms with Gasteiger partial charge in [0, 0.05) is 0 Å². The molecule has 0 bridgehead atoms. The molecule has 0 radical (unpaired) electrons. The van der Waals surface area contributed by atoms with E-state index in [4.69, 9.17) is 0 Å². The average molecular weight is 365 g/mol. The summed E-state index contributed by atoms with van der Waals surface area (Å²) < 4.78 is 12.2. The molecule has 0 nitrogen and oxygen atoms in total. The van der Waals surface area contributed by atoms with Crippen LogP contribution < -0.4 is 0 Å². The predicted molar refractivity (Wildman–Crippen MR) is 113 cm³/mol. The van der Waals surface area contributed by atoms with Crippen molar-refractivity contribution in [2.24, 2.45) is 23.7 Å². The molecule has 0 heterocycles. The first-order valence-electron chi connectivity index (χ1n) is 12.1. The molecule has 0 aromatic heterocycles. The van der Waals surface area contributed by atoms with Crippen molar-refractivity contribution >= 4 is 0 Å². The first-order chi connectivity index (χ1) is 12.8. The monoisotopic (exact) mass is 364 g/mol. The summed E-state index contributed by atoms with van der Waals surface area (Å²) in [6, 6.07) is 0. The van der Waals surface area contributed by atoms with E-state index in [0.29, 0.717) is 6.42 Å². The molecule has 0 spiro atoms. The van der Waals surface area contributed by atoms with Gasteiger partial charge >= 0.3 is 0 Å². The third kappa shape index (κ3) is 8.57. The lowest BCUT2D eigenvalue weighted by molar-refractivity contribution is 0.151.